The summed E-state index contributed by atoms with van der Waals surface area (Å²) in [4.78, 5) is 22.5. The number of aliphatic carboxylic acids is 1. The van der Waals surface area contributed by atoms with E-state index in [-0.39, 0.29) is 11.3 Å². The number of nitrogens with zero attached hydrogens (tertiary/aromatic N) is 2. The first-order valence-corrected chi connectivity index (χ1v) is 4.08. The van der Waals surface area contributed by atoms with E-state index in [0.717, 1.165) is 4.90 Å². The molecular formula is C10H8N2O3. The molecule has 0 radical (unpaired) electrons. The number of carboxylic acid groups (broad SMARTS) is 1. The number of carbonyl (C=O) groups excluding carboxylic acids is 1. The van der Waals surface area contributed by atoms with Gasteiger partial charge in [-0.05, 0) is 12.1 Å². The van der Waals surface area contributed by atoms with E-state index in [9.17, 15) is 9.59 Å². The van der Waals surface area contributed by atoms with E-state index in [4.69, 9.17) is 10.4 Å². The topological polar surface area (TPSA) is 81.4 Å². The van der Waals surface area contributed by atoms with Gasteiger partial charge in [0.15, 0.2) is 0 Å². The lowest BCUT2D eigenvalue weighted by atomic mass is 10.2. The number of nitriles is 1. The molecule has 0 unspecified atom stereocenters. The van der Waals surface area contributed by atoms with Crippen LogP contribution in [0.1, 0.15) is 5.56 Å². The predicted octanol–water partition coefficient (Wildman–Crippen LogP) is 0.606. The van der Waals surface area contributed by atoms with Gasteiger partial charge in [-0.3, -0.25) is 4.79 Å². The SMILES string of the molecule is CN(C(=O)C(=O)O)c1ccccc1C#N. The van der Waals surface area contributed by atoms with Crippen molar-refractivity contribution in [2.24, 2.45) is 0 Å². The van der Waals surface area contributed by atoms with E-state index in [2.05, 4.69) is 0 Å². The van der Waals surface area contributed by atoms with E-state index in [1.54, 1.807) is 12.1 Å². The maximum absolute atomic E-state index is 11.1. The third-order valence-electron chi connectivity index (χ3n) is 1.87. The predicted molar refractivity (Wildman–Crippen MR) is 52.2 cm³/mol. The highest BCUT2D eigenvalue weighted by Crippen LogP contribution is 2.17. The Balaban J connectivity index is 3.12. The second-order valence-corrected chi connectivity index (χ2v) is 2.80. The van der Waals surface area contributed by atoms with Crippen molar-refractivity contribution in [1.29, 1.82) is 5.26 Å². The van der Waals surface area contributed by atoms with E-state index >= 15 is 0 Å². The number of rotatable bonds is 1. The number of para-hydroxylation sites is 1. The molecule has 0 aliphatic heterocycles. The minimum atomic E-state index is -1.55. The largest absolute Gasteiger partial charge is 0.474 e. The molecule has 0 fully saturated rings. The highest BCUT2D eigenvalue weighted by atomic mass is 16.4. The van der Waals surface area contributed by atoms with Crippen molar-refractivity contribution >= 4 is 17.6 Å². The molecule has 0 spiro atoms. The highest BCUT2D eigenvalue weighted by Gasteiger charge is 2.20. The zero-order chi connectivity index (χ0) is 11.4. The van der Waals surface area contributed by atoms with Crippen LogP contribution in [0.3, 0.4) is 0 Å². The van der Waals surface area contributed by atoms with E-state index in [0.29, 0.717) is 0 Å². The average Bonchev–Trinajstić information content (AvgIpc) is 2.26. The second kappa shape index (κ2) is 4.24. The van der Waals surface area contributed by atoms with E-state index in [1.165, 1.54) is 19.2 Å². The molecule has 1 rings (SSSR count). The molecule has 0 aliphatic carbocycles. The van der Waals surface area contributed by atoms with Crippen LogP contribution in [0.5, 0.6) is 0 Å². The lowest BCUT2D eigenvalue weighted by molar-refractivity contribution is -0.148. The van der Waals surface area contributed by atoms with Gasteiger partial charge < -0.3 is 10.0 Å². The summed E-state index contributed by atoms with van der Waals surface area (Å²) in [6.45, 7) is 0. The van der Waals surface area contributed by atoms with Crippen molar-refractivity contribution in [3.63, 3.8) is 0 Å². The molecular weight excluding hydrogens is 196 g/mol. The van der Waals surface area contributed by atoms with Crippen LogP contribution in [0.15, 0.2) is 24.3 Å². The number of carboxylic acids is 1. The zero-order valence-electron chi connectivity index (χ0n) is 7.97. The van der Waals surface area contributed by atoms with Gasteiger partial charge in [-0.2, -0.15) is 5.26 Å². The van der Waals surface area contributed by atoms with Crippen LogP contribution < -0.4 is 4.90 Å². The monoisotopic (exact) mass is 204 g/mol. The molecule has 1 amide bonds. The summed E-state index contributed by atoms with van der Waals surface area (Å²) in [7, 11) is 1.31. The van der Waals surface area contributed by atoms with Gasteiger partial charge in [0.05, 0.1) is 11.3 Å². The fourth-order valence-electron chi connectivity index (χ4n) is 1.11. The minimum Gasteiger partial charge on any atom is -0.474 e. The summed E-state index contributed by atoms with van der Waals surface area (Å²) < 4.78 is 0. The van der Waals surface area contributed by atoms with Crippen molar-refractivity contribution in [3.05, 3.63) is 29.8 Å². The highest BCUT2D eigenvalue weighted by molar-refractivity contribution is 6.37. The second-order valence-electron chi connectivity index (χ2n) is 2.80. The summed E-state index contributed by atoms with van der Waals surface area (Å²) >= 11 is 0. The van der Waals surface area contributed by atoms with Crippen LogP contribution in [-0.4, -0.2) is 24.0 Å². The first-order chi connectivity index (χ1) is 7.07. The van der Waals surface area contributed by atoms with Gasteiger partial charge in [0.2, 0.25) is 0 Å². The number of likely N-dealkylation sites (N-methyl/N-ethyl adjacent to an activating group) is 1. The number of hydrogen-bond donors (Lipinski definition) is 1. The molecule has 5 heteroatoms. The number of anilines is 1. The van der Waals surface area contributed by atoms with Gasteiger partial charge in [-0.15, -0.1) is 0 Å². The number of hydrogen-bond acceptors (Lipinski definition) is 3. The Morgan fingerprint density at radius 1 is 1.40 bits per heavy atom. The third-order valence-corrected chi connectivity index (χ3v) is 1.87. The molecule has 0 atom stereocenters. The van der Waals surface area contributed by atoms with Gasteiger partial charge in [-0.25, -0.2) is 4.79 Å². The number of benzene rings is 1. The summed E-state index contributed by atoms with van der Waals surface area (Å²) in [6.07, 6.45) is 0. The molecule has 5 nitrogen and oxygen atoms in total. The molecule has 0 saturated heterocycles. The molecule has 15 heavy (non-hydrogen) atoms. The van der Waals surface area contributed by atoms with Gasteiger partial charge in [-0.1, -0.05) is 12.1 Å². The van der Waals surface area contributed by atoms with Crippen LogP contribution in [0.2, 0.25) is 0 Å². The van der Waals surface area contributed by atoms with Crippen molar-refractivity contribution in [2.45, 2.75) is 0 Å². The molecule has 76 valence electrons. The maximum atomic E-state index is 11.1. The Morgan fingerprint density at radius 3 is 2.53 bits per heavy atom. The number of carbonyl (C=O) groups is 2. The first kappa shape index (κ1) is 10.7. The summed E-state index contributed by atoms with van der Waals surface area (Å²) in [5, 5.41) is 17.3. The molecule has 1 aromatic rings. The van der Waals surface area contributed by atoms with Gasteiger partial charge >= 0.3 is 11.9 Å². The van der Waals surface area contributed by atoms with E-state index < -0.39 is 11.9 Å². The smallest absolute Gasteiger partial charge is 0.394 e. The van der Waals surface area contributed by atoms with Crippen molar-refractivity contribution < 1.29 is 14.7 Å². The summed E-state index contributed by atoms with van der Waals surface area (Å²) in [6, 6.07) is 8.18. The van der Waals surface area contributed by atoms with Gasteiger partial charge in [0.1, 0.15) is 6.07 Å². The van der Waals surface area contributed by atoms with Crippen LogP contribution in [0.25, 0.3) is 0 Å². The first-order valence-electron chi connectivity index (χ1n) is 4.08. The zero-order valence-corrected chi connectivity index (χ0v) is 7.97. The van der Waals surface area contributed by atoms with Crippen LogP contribution in [-0.2, 0) is 9.59 Å². The van der Waals surface area contributed by atoms with Crippen molar-refractivity contribution in [2.75, 3.05) is 11.9 Å². The average molecular weight is 204 g/mol. The molecule has 0 bridgehead atoms. The lowest BCUT2D eigenvalue weighted by Gasteiger charge is -2.15. The standard InChI is InChI=1S/C10H8N2O3/c1-12(9(13)10(14)15)8-5-3-2-4-7(8)6-11/h2-5H,1H3,(H,14,15). The van der Waals surface area contributed by atoms with Crippen LogP contribution in [0.4, 0.5) is 5.69 Å². The molecule has 0 saturated carbocycles. The normalized spacial score (nSPS) is 9.07. The lowest BCUT2D eigenvalue weighted by Crippen LogP contribution is -2.33. The minimum absolute atomic E-state index is 0.259. The summed E-state index contributed by atoms with van der Waals surface area (Å²) in [5.41, 5.74) is 0.544. The molecule has 0 heterocycles. The fraction of sp³-hybridized carbons (Fsp3) is 0.100. The summed E-state index contributed by atoms with van der Waals surface area (Å²) in [5.74, 6) is -2.62. The maximum Gasteiger partial charge on any atom is 0.394 e. The molecule has 0 aromatic heterocycles. The van der Waals surface area contributed by atoms with Gasteiger partial charge in [0.25, 0.3) is 0 Å². The Kier molecular flexibility index (Phi) is 3.03. The fourth-order valence-corrected chi connectivity index (χ4v) is 1.11. The van der Waals surface area contributed by atoms with Gasteiger partial charge in [0, 0.05) is 7.05 Å². The van der Waals surface area contributed by atoms with Crippen LogP contribution >= 0.6 is 0 Å². The Hall–Kier alpha value is -2.35. The Morgan fingerprint density at radius 2 is 2.00 bits per heavy atom. The quantitative estimate of drug-likeness (QED) is 0.679. The van der Waals surface area contributed by atoms with E-state index in [1.807, 2.05) is 6.07 Å². The molecule has 1 N–H and O–H groups in total. The van der Waals surface area contributed by atoms with Crippen molar-refractivity contribution in [1.82, 2.24) is 0 Å². The number of amides is 1. The molecule has 0 aliphatic rings. The van der Waals surface area contributed by atoms with Crippen molar-refractivity contribution in [3.8, 4) is 6.07 Å². The Bertz CT molecular complexity index is 448. The molecule has 1 aromatic carbocycles. The third kappa shape index (κ3) is 2.11. The Labute approximate surface area is 86.2 Å². The van der Waals surface area contributed by atoms with Crippen LogP contribution in [0, 0.1) is 11.3 Å².